The van der Waals surface area contributed by atoms with Gasteiger partial charge in [-0.3, -0.25) is 4.98 Å². The highest BCUT2D eigenvalue weighted by Gasteiger charge is 2.32. The van der Waals surface area contributed by atoms with Crippen LogP contribution in [-0.4, -0.2) is 27.6 Å². The molecule has 2 aromatic heterocycles. The normalized spacial score (nSPS) is 14.1. The molecular weight excluding hydrogens is 316 g/mol. The molecule has 0 saturated heterocycles. The maximum atomic E-state index is 14.7. The summed E-state index contributed by atoms with van der Waals surface area (Å²) >= 11 is 0. The van der Waals surface area contributed by atoms with Crippen molar-refractivity contribution >= 4 is 17.0 Å². The third-order valence-corrected chi connectivity index (χ3v) is 4.07. The van der Waals surface area contributed by atoms with E-state index < -0.39 is 23.2 Å². The van der Waals surface area contributed by atoms with Crippen LogP contribution in [0.25, 0.3) is 22.6 Å². The molecule has 0 N–H and O–H groups in total. The first-order chi connectivity index (χ1) is 11.6. The minimum Gasteiger partial charge on any atom is -0.465 e. The van der Waals surface area contributed by atoms with Crippen molar-refractivity contribution in [1.82, 2.24) is 14.5 Å². The van der Waals surface area contributed by atoms with Crippen LogP contribution in [0.1, 0.15) is 29.2 Å². The van der Waals surface area contributed by atoms with E-state index in [0.717, 1.165) is 20.0 Å². The average Bonchev–Trinajstić information content (AvgIpc) is 3.38. The highest BCUT2D eigenvalue weighted by molar-refractivity contribution is 5.95. The van der Waals surface area contributed by atoms with Crippen molar-refractivity contribution in [1.29, 1.82) is 0 Å². The molecular formula is C17H13F2N3O2. The van der Waals surface area contributed by atoms with Gasteiger partial charge in [-0.25, -0.2) is 18.6 Å². The summed E-state index contributed by atoms with van der Waals surface area (Å²) in [5, 5.41) is 0. The number of ether oxygens (including phenoxy) is 1. The minimum atomic E-state index is -1.22. The Morgan fingerprint density at radius 3 is 2.71 bits per heavy atom. The smallest absolute Gasteiger partial charge is 0.341 e. The maximum Gasteiger partial charge on any atom is 0.341 e. The molecule has 4 rings (SSSR count). The van der Waals surface area contributed by atoms with E-state index in [4.69, 9.17) is 0 Å². The molecule has 0 unspecified atom stereocenters. The quantitative estimate of drug-likeness (QED) is 0.690. The fourth-order valence-corrected chi connectivity index (χ4v) is 2.81. The zero-order valence-corrected chi connectivity index (χ0v) is 12.8. The Balaban J connectivity index is 2.03. The van der Waals surface area contributed by atoms with E-state index in [-0.39, 0.29) is 17.1 Å². The van der Waals surface area contributed by atoms with Gasteiger partial charge in [0.25, 0.3) is 0 Å². The first-order valence-corrected chi connectivity index (χ1v) is 7.51. The Morgan fingerprint density at radius 2 is 2.08 bits per heavy atom. The Hall–Kier alpha value is -2.83. The molecule has 2 heterocycles. The number of carbonyl (C=O) groups is 1. The van der Waals surface area contributed by atoms with Crippen molar-refractivity contribution in [2.75, 3.05) is 7.11 Å². The molecule has 1 fully saturated rings. The number of carbonyl (C=O) groups excluding carboxylic acids is 1. The topological polar surface area (TPSA) is 57.0 Å². The number of nitrogens with zero attached hydrogens (tertiary/aromatic N) is 3. The number of hydrogen-bond acceptors (Lipinski definition) is 4. The summed E-state index contributed by atoms with van der Waals surface area (Å²) in [5.74, 6) is -2.78. The van der Waals surface area contributed by atoms with Crippen molar-refractivity contribution in [3.63, 3.8) is 0 Å². The van der Waals surface area contributed by atoms with Gasteiger partial charge in [0.15, 0.2) is 17.5 Å². The van der Waals surface area contributed by atoms with Gasteiger partial charge in [0.2, 0.25) is 0 Å². The van der Waals surface area contributed by atoms with Gasteiger partial charge in [-0.15, -0.1) is 0 Å². The second kappa shape index (κ2) is 5.36. The van der Waals surface area contributed by atoms with Crippen molar-refractivity contribution in [3.05, 3.63) is 47.7 Å². The summed E-state index contributed by atoms with van der Waals surface area (Å²) in [6.45, 7) is 0. The highest BCUT2D eigenvalue weighted by Crippen LogP contribution is 2.42. The Morgan fingerprint density at radius 1 is 1.29 bits per heavy atom. The average molecular weight is 329 g/mol. The Bertz CT molecular complexity index is 950. The molecule has 7 heteroatoms. The van der Waals surface area contributed by atoms with Crippen LogP contribution in [0.3, 0.4) is 0 Å². The molecule has 1 aliphatic rings. The second-order valence-corrected chi connectivity index (χ2v) is 5.66. The summed E-state index contributed by atoms with van der Waals surface area (Å²) in [5.41, 5.74) is 0.376. The third-order valence-electron chi connectivity index (χ3n) is 4.07. The van der Waals surface area contributed by atoms with Crippen molar-refractivity contribution < 1.29 is 18.3 Å². The maximum absolute atomic E-state index is 14.7. The number of halogens is 2. The number of aromatic nitrogens is 3. The fourth-order valence-electron chi connectivity index (χ4n) is 2.81. The van der Waals surface area contributed by atoms with Gasteiger partial charge in [0, 0.05) is 12.2 Å². The Labute approximate surface area is 135 Å². The summed E-state index contributed by atoms with van der Waals surface area (Å²) in [6, 6.07) is 6.62. The first-order valence-electron chi connectivity index (χ1n) is 7.51. The number of methoxy groups -OCH3 is 1. The van der Waals surface area contributed by atoms with E-state index in [1.165, 1.54) is 6.07 Å². The molecule has 3 aromatic rings. The summed E-state index contributed by atoms with van der Waals surface area (Å²) in [6.07, 6.45) is 3.35. The van der Waals surface area contributed by atoms with Crippen LogP contribution < -0.4 is 0 Å². The van der Waals surface area contributed by atoms with E-state index in [0.29, 0.717) is 11.5 Å². The number of rotatable bonds is 3. The van der Waals surface area contributed by atoms with E-state index in [1.54, 1.807) is 29.0 Å². The fraction of sp³-hybridized carbons (Fsp3) is 0.235. The minimum absolute atomic E-state index is 0.0586. The number of esters is 1. The lowest BCUT2D eigenvalue weighted by Crippen LogP contribution is -2.08. The lowest BCUT2D eigenvalue weighted by molar-refractivity contribution is 0.0594. The molecule has 5 nitrogen and oxygen atoms in total. The van der Waals surface area contributed by atoms with Gasteiger partial charge in [-0.2, -0.15) is 0 Å². The lowest BCUT2D eigenvalue weighted by atomic mass is 10.1. The summed E-state index contributed by atoms with van der Waals surface area (Å²) < 4.78 is 35.2. The van der Waals surface area contributed by atoms with Crippen LogP contribution in [0.2, 0.25) is 0 Å². The van der Waals surface area contributed by atoms with Crippen LogP contribution in [0.4, 0.5) is 8.78 Å². The van der Waals surface area contributed by atoms with Crippen LogP contribution in [0, 0.1) is 11.6 Å². The third kappa shape index (κ3) is 2.16. The molecule has 1 saturated carbocycles. The molecule has 0 aliphatic heterocycles. The van der Waals surface area contributed by atoms with Gasteiger partial charge >= 0.3 is 5.97 Å². The second-order valence-electron chi connectivity index (χ2n) is 5.66. The molecule has 0 radical (unpaired) electrons. The summed E-state index contributed by atoms with van der Waals surface area (Å²) in [7, 11) is 1.12. The number of pyridine rings is 1. The molecule has 1 aromatic carbocycles. The van der Waals surface area contributed by atoms with E-state index in [9.17, 15) is 13.6 Å². The lowest BCUT2D eigenvalue weighted by Gasteiger charge is -2.08. The molecule has 0 amide bonds. The highest BCUT2D eigenvalue weighted by atomic mass is 19.2. The molecule has 122 valence electrons. The van der Waals surface area contributed by atoms with Crippen LogP contribution in [0.15, 0.2) is 30.5 Å². The molecule has 24 heavy (non-hydrogen) atoms. The van der Waals surface area contributed by atoms with Gasteiger partial charge < -0.3 is 9.30 Å². The molecule has 0 atom stereocenters. The predicted molar refractivity (Wildman–Crippen MR) is 82.5 cm³/mol. The molecule has 1 aliphatic carbocycles. The predicted octanol–water partition coefficient (Wildman–Crippen LogP) is 3.50. The summed E-state index contributed by atoms with van der Waals surface area (Å²) in [4.78, 5) is 20.3. The number of benzene rings is 1. The number of fused-ring (bicyclic) bond motifs is 1. The SMILES string of the molecule is COC(=O)c1cc2nc(-c3ccccn3)n(C3CC3)c2c(F)c1F. The van der Waals surface area contributed by atoms with Gasteiger partial charge in [0.05, 0.1) is 12.6 Å². The molecule has 0 bridgehead atoms. The van der Waals surface area contributed by atoms with Crippen LogP contribution >= 0.6 is 0 Å². The van der Waals surface area contributed by atoms with Crippen LogP contribution in [0.5, 0.6) is 0 Å². The monoisotopic (exact) mass is 329 g/mol. The number of hydrogen-bond donors (Lipinski definition) is 0. The van der Waals surface area contributed by atoms with Crippen molar-refractivity contribution in [2.24, 2.45) is 0 Å². The first kappa shape index (κ1) is 14.7. The number of imidazole rings is 1. The van der Waals surface area contributed by atoms with Gasteiger partial charge in [-0.05, 0) is 31.0 Å². The standard InChI is InChI=1S/C17H13F2N3O2/c1-24-17(23)10-8-12-15(14(19)13(10)18)22(9-5-6-9)16(21-12)11-4-2-3-7-20-11/h2-4,7-9H,5-6H2,1H3. The van der Waals surface area contributed by atoms with E-state index >= 15 is 0 Å². The van der Waals surface area contributed by atoms with E-state index in [1.807, 2.05) is 0 Å². The van der Waals surface area contributed by atoms with E-state index in [2.05, 4.69) is 14.7 Å². The zero-order chi connectivity index (χ0) is 16.8. The van der Waals surface area contributed by atoms with Gasteiger partial charge in [0.1, 0.15) is 16.8 Å². The molecule has 0 spiro atoms. The largest absolute Gasteiger partial charge is 0.465 e. The van der Waals surface area contributed by atoms with Crippen molar-refractivity contribution in [2.45, 2.75) is 18.9 Å². The Kier molecular flexibility index (Phi) is 3.30. The van der Waals surface area contributed by atoms with Gasteiger partial charge in [-0.1, -0.05) is 6.07 Å². The zero-order valence-electron chi connectivity index (χ0n) is 12.8. The van der Waals surface area contributed by atoms with Crippen molar-refractivity contribution in [3.8, 4) is 11.5 Å². The van der Waals surface area contributed by atoms with Crippen LogP contribution in [-0.2, 0) is 4.74 Å².